The van der Waals surface area contributed by atoms with E-state index in [-0.39, 0.29) is 5.41 Å². The van der Waals surface area contributed by atoms with Gasteiger partial charge in [-0.3, -0.25) is 0 Å². The molecule has 0 radical (unpaired) electrons. The Morgan fingerprint density at radius 1 is 1.23 bits per heavy atom. The van der Waals surface area contributed by atoms with Crippen molar-refractivity contribution in [2.24, 2.45) is 5.41 Å². The quantitative estimate of drug-likeness (QED) is 0.650. The van der Waals surface area contributed by atoms with Crippen molar-refractivity contribution in [2.75, 3.05) is 5.73 Å². The molecule has 0 saturated heterocycles. The molecule has 1 aromatic rings. The van der Waals surface area contributed by atoms with Gasteiger partial charge in [0.2, 0.25) is 0 Å². The normalized spacial score (nSPS) is 14.2. The highest BCUT2D eigenvalue weighted by Crippen LogP contribution is 2.34. The lowest BCUT2D eigenvalue weighted by Gasteiger charge is -2.27. The van der Waals surface area contributed by atoms with Crippen LogP contribution in [0.15, 0.2) is 24.3 Å². The highest BCUT2D eigenvalue weighted by Gasteiger charge is 2.24. The minimum absolute atomic E-state index is 0.171. The Labute approximate surface area is 79.4 Å². The summed E-state index contributed by atoms with van der Waals surface area (Å²) in [6.07, 6.45) is -0.506. The van der Waals surface area contributed by atoms with Gasteiger partial charge in [0, 0.05) is 11.3 Å². The summed E-state index contributed by atoms with van der Waals surface area (Å²) >= 11 is 0. The van der Waals surface area contributed by atoms with Crippen molar-refractivity contribution in [1.29, 1.82) is 0 Å². The Bertz CT molecular complexity index is 288. The lowest BCUT2D eigenvalue weighted by Crippen LogP contribution is -2.18. The van der Waals surface area contributed by atoms with Crippen molar-refractivity contribution >= 4 is 5.69 Å². The molecule has 1 unspecified atom stereocenters. The van der Waals surface area contributed by atoms with Gasteiger partial charge in [-0.2, -0.15) is 0 Å². The first-order valence-corrected chi connectivity index (χ1v) is 4.45. The Balaban J connectivity index is 3.02. The first-order chi connectivity index (χ1) is 5.93. The molecule has 0 bridgehead atoms. The molecule has 2 nitrogen and oxygen atoms in total. The van der Waals surface area contributed by atoms with Gasteiger partial charge in [0.15, 0.2) is 0 Å². The smallest absolute Gasteiger partial charge is 0.0858 e. The fraction of sp³-hybridized carbons (Fsp3) is 0.455. The second-order valence-corrected chi connectivity index (χ2v) is 4.40. The zero-order chi connectivity index (χ0) is 10.1. The number of aliphatic hydroxyl groups is 1. The Hall–Kier alpha value is -1.02. The number of nitrogens with two attached hydrogens (primary N) is 1. The molecule has 0 saturated carbocycles. The van der Waals surface area contributed by atoms with E-state index in [4.69, 9.17) is 5.73 Å². The van der Waals surface area contributed by atoms with Crippen LogP contribution in [0.2, 0.25) is 0 Å². The molecular formula is C11H17NO. The molecule has 1 rings (SSSR count). The van der Waals surface area contributed by atoms with Crippen molar-refractivity contribution in [1.82, 2.24) is 0 Å². The summed E-state index contributed by atoms with van der Waals surface area (Å²) in [6.45, 7) is 5.97. The zero-order valence-corrected chi connectivity index (χ0v) is 8.41. The van der Waals surface area contributed by atoms with Crippen LogP contribution in [-0.2, 0) is 0 Å². The Morgan fingerprint density at radius 3 is 2.23 bits per heavy atom. The molecule has 0 spiro atoms. The molecule has 13 heavy (non-hydrogen) atoms. The van der Waals surface area contributed by atoms with Gasteiger partial charge in [0.05, 0.1) is 6.10 Å². The van der Waals surface area contributed by atoms with Crippen LogP contribution in [0.5, 0.6) is 0 Å². The third kappa shape index (κ3) is 2.22. The highest BCUT2D eigenvalue weighted by molar-refractivity contribution is 5.47. The molecular weight excluding hydrogens is 162 g/mol. The maximum absolute atomic E-state index is 9.96. The predicted octanol–water partition coefficient (Wildman–Crippen LogP) is 2.35. The molecule has 72 valence electrons. The largest absolute Gasteiger partial charge is 0.398 e. The van der Waals surface area contributed by atoms with E-state index < -0.39 is 6.10 Å². The van der Waals surface area contributed by atoms with Gasteiger partial charge >= 0.3 is 0 Å². The van der Waals surface area contributed by atoms with Gasteiger partial charge in [-0.25, -0.2) is 0 Å². The zero-order valence-electron chi connectivity index (χ0n) is 8.41. The first-order valence-electron chi connectivity index (χ1n) is 4.45. The second-order valence-electron chi connectivity index (χ2n) is 4.40. The first kappa shape index (κ1) is 10.1. The molecule has 0 fully saturated rings. The van der Waals surface area contributed by atoms with Crippen molar-refractivity contribution < 1.29 is 5.11 Å². The minimum atomic E-state index is -0.506. The Morgan fingerprint density at radius 2 is 1.77 bits per heavy atom. The fourth-order valence-corrected chi connectivity index (χ4v) is 1.23. The maximum atomic E-state index is 9.96. The SMILES string of the molecule is CC(C)(C)C(O)c1ccccc1N. The number of benzene rings is 1. The van der Waals surface area contributed by atoms with Crippen LogP contribution >= 0.6 is 0 Å². The molecule has 0 aliphatic carbocycles. The van der Waals surface area contributed by atoms with Crippen LogP contribution in [0.1, 0.15) is 32.4 Å². The van der Waals surface area contributed by atoms with E-state index in [1.54, 1.807) is 0 Å². The number of rotatable bonds is 1. The number of aliphatic hydroxyl groups excluding tert-OH is 1. The van der Waals surface area contributed by atoms with E-state index >= 15 is 0 Å². The molecule has 1 aromatic carbocycles. The summed E-state index contributed by atoms with van der Waals surface area (Å²) in [4.78, 5) is 0. The van der Waals surface area contributed by atoms with Gasteiger partial charge in [-0.15, -0.1) is 0 Å². The molecule has 0 amide bonds. The number of anilines is 1. The van der Waals surface area contributed by atoms with Gasteiger partial charge in [-0.05, 0) is 11.5 Å². The summed E-state index contributed by atoms with van der Waals surface area (Å²) in [5, 5.41) is 9.96. The monoisotopic (exact) mass is 179 g/mol. The van der Waals surface area contributed by atoms with E-state index in [0.29, 0.717) is 5.69 Å². The van der Waals surface area contributed by atoms with E-state index in [0.717, 1.165) is 5.56 Å². The molecule has 2 heteroatoms. The summed E-state index contributed by atoms with van der Waals surface area (Å²) in [5.74, 6) is 0. The van der Waals surface area contributed by atoms with Crippen LogP contribution < -0.4 is 5.73 Å². The molecule has 3 N–H and O–H groups in total. The van der Waals surface area contributed by atoms with Crippen LogP contribution in [0.4, 0.5) is 5.69 Å². The van der Waals surface area contributed by atoms with E-state index in [1.165, 1.54) is 0 Å². The summed E-state index contributed by atoms with van der Waals surface area (Å²) < 4.78 is 0. The third-order valence-corrected chi connectivity index (χ3v) is 2.11. The third-order valence-electron chi connectivity index (χ3n) is 2.11. The van der Waals surface area contributed by atoms with Gasteiger partial charge in [-0.1, -0.05) is 39.0 Å². The topological polar surface area (TPSA) is 46.2 Å². The fourth-order valence-electron chi connectivity index (χ4n) is 1.23. The predicted molar refractivity (Wildman–Crippen MR) is 55.3 cm³/mol. The average Bonchev–Trinajstić information content (AvgIpc) is 2.02. The van der Waals surface area contributed by atoms with Gasteiger partial charge < -0.3 is 10.8 Å². The number of nitrogen functional groups attached to an aromatic ring is 1. The molecule has 0 aliphatic rings. The summed E-state index contributed by atoms with van der Waals surface area (Å²) in [6, 6.07) is 7.43. The lowest BCUT2D eigenvalue weighted by molar-refractivity contribution is 0.0633. The number of hydrogen-bond acceptors (Lipinski definition) is 2. The van der Waals surface area contributed by atoms with Crippen LogP contribution in [0.3, 0.4) is 0 Å². The summed E-state index contributed by atoms with van der Waals surface area (Å²) in [7, 11) is 0. The number of hydrogen-bond donors (Lipinski definition) is 2. The Kier molecular flexibility index (Phi) is 2.62. The number of para-hydroxylation sites is 1. The molecule has 1 atom stereocenters. The summed E-state index contributed by atoms with van der Waals surface area (Å²) in [5.41, 5.74) is 7.06. The van der Waals surface area contributed by atoms with E-state index in [2.05, 4.69) is 0 Å². The van der Waals surface area contributed by atoms with E-state index in [9.17, 15) is 5.11 Å². The molecule has 0 heterocycles. The van der Waals surface area contributed by atoms with E-state index in [1.807, 2.05) is 45.0 Å². The van der Waals surface area contributed by atoms with Crippen LogP contribution in [0, 0.1) is 5.41 Å². The highest BCUT2D eigenvalue weighted by atomic mass is 16.3. The lowest BCUT2D eigenvalue weighted by atomic mass is 9.84. The standard InChI is InChI=1S/C11H17NO/c1-11(2,3)10(13)8-6-4-5-7-9(8)12/h4-7,10,13H,12H2,1-3H3. The van der Waals surface area contributed by atoms with Gasteiger partial charge in [0.1, 0.15) is 0 Å². The van der Waals surface area contributed by atoms with Crippen molar-refractivity contribution in [2.45, 2.75) is 26.9 Å². The molecule has 0 aromatic heterocycles. The maximum Gasteiger partial charge on any atom is 0.0858 e. The van der Waals surface area contributed by atoms with Crippen molar-refractivity contribution in [3.63, 3.8) is 0 Å². The van der Waals surface area contributed by atoms with Gasteiger partial charge in [0.25, 0.3) is 0 Å². The second kappa shape index (κ2) is 3.38. The minimum Gasteiger partial charge on any atom is -0.398 e. The van der Waals surface area contributed by atoms with Crippen LogP contribution in [-0.4, -0.2) is 5.11 Å². The van der Waals surface area contributed by atoms with Crippen molar-refractivity contribution in [3.8, 4) is 0 Å². The van der Waals surface area contributed by atoms with Crippen LogP contribution in [0.25, 0.3) is 0 Å². The van der Waals surface area contributed by atoms with Crippen molar-refractivity contribution in [3.05, 3.63) is 29.8 Å². The average molecular weight is 179 g/mol. The molecule has 0 aliphatic heterocycles.